The lowest BCUT2D eigenvalue weighted by Crippen LogP contribution is -2.09. The lowest BCUT2D eigenvalue weighted by Gasteiger charge is -2.06. The summed E-state index contributed by atoms with van der Waals surface area (Å²) in [6.07, 6.45) is 1.49. The van der Waals surface area contributed by atoms with Crippen molar-refractivity contribution in [2.45, 2.75) is 6.92 Å². The molecule has 0 saturated carbocycles. The summed E-state index contributed by atoms with van der Waals surface area (Å²) in [5.41, 5.74) is 1.85. The van der Waals surface area contributed by atoms with Crippen molar-refractivity contribution in [1.82, 2.24) is 0 Å². The number of hydrogen-bond donors (Lipinski definition) is 0. The van der Waals surface area contributed by atoms with Crippen LogP contribution in [-0.4, -0.2) is 22.8 Å². The topological polar surface area (TPSA) is 108 Å². The number of nitro groups is 1. The van der Waals surface area contributed by atoms with Gasteiger partial charge in [0, 0.05) is 11.6 Å². The van der Waals surface area contributed by atoms with E-state index in [1.54, 1.807) is 36.4 Å². The van der Waals surface area contributed by atoms with Gasteiger partial charge in [0.25, 0.3) is 5.69 Å². The van der Waals surface area contributed by atoms with E-state index >= 15 is 0 Å². The lowest BCUT2D eigenvalue weighted by atomic mass is 10.1. The molecule has 0 bridgehead atoms. The number of nitro benzene ring substituents is 1. The molecular weight excluding hydrogens is 448 g/mol. The summed E-state index contributed by atoms with van der Waals surface area (Å²) in [4.78, 5) is 39.1. The van der Waals surface area contributed by atoms with Crippen LogP contribution in [-0.2, 0) is 9.53 Å². The first-order valence-corrected chi connectivity index (χ1v) is 10.0. The van der Waals surface area contributed by atoms with Gasteiger partial charge in [-0.3, -0.25) is 10.1 Å². The van der Waals surface area contributed by atoms with E-state index in [4.69, 9.17) is 21.1 Å². The number of aryl methyl sites for hydroxylation is 1. The Morgan fingerprint density at radius 2 is 1.85 bits per heavy atom. The van der Waals surface area contributed by atoms with Gasteiger partial charge in [-0.2, -0.15) is 0 Å². The molecule has 0 N–H and O–H groups in total. The van der Waals surface area contributed by atoms with Gasteiger partial charge in [0.05, 0.1) is 10.5 Å². The Kier molecular flexibility index (Phi) is 6.01. The number of benzene rings is 3. The fraction of sp³-hybridized carbons (Fsp3) is 0.0417. The first kappa shape index (κ1) is 21.9. The van der Waals surface area contributed by atoms with Crippen LogP contribution < -0.4 is 4.74 Å². The number of aliphatic imine (C=N–C) groups is 1. The molecule has 3 aromatic rings. The fourth-order valence-electron chi connectivity index (χ4n) is 3.07. The zero-order valence-corrected chi connectivity index (χ0v) is 17.9. The summed E-state index contributed by atoms with van der Waals surface area (Å²) >= 11 is 5.82. The molecule has 0 spiro atoms. The van der Waals surface area contributed by atoms with Gasteiger partial charge >= 0.3 is 11.9 Å². The van der Waals surface area contributed by atoms with Crippen molar-refractivity contribution in [3.8, 4) is 5.75 Å². The third-order valence-electron chi connectivity index (χ3n) is 4.77. The second-order valence-corrected chi connectivity index (χ2v) is 7.44. The molecule has 1 heterocycles. The molecule has 0 aromatic heterocycles. The minimum Gasteiger partial charge on any atom is -0.423 e. The highest BCUT2D eigenvalue weighted by atomic mass is 35.5. The van der Waals surface area contributed by atoms with Crippen molar-refractivity contribution in [3.05, 3.63) is 110 Å². The molecule has 164 valence electrons. The molecule has 0 radical (unpaired) electrons. The maximum absolute atomic E-state index is 12.3. The molecule has 9 heteroatoms. The van der Waals surface area contributed by atoms with Gasteiger partial charge in [0.2, 0.25) is 5.90 Å². The zero-order chi connectivity index (χ0) is 23.5. The number of halogens is 1. The largest absolute Gasteiger partial charge is 0.423 e. The third kappa shape index (κ3) is 4.81. The lowest BCUT2D eigenvalue weighted by molar-refractivity contribution is -0.384. The van der Waals surface area contributed by atoms with Gasteiger partial charge in [0.15, 0.2) is 5.70 Å². The van der Waals surface area contributed by atoms with E-state index in [-0.39, 0.29) is 27.9 Å². The number of nitrogens with zero attached hydrogens (tertiary/aromatic N) is 2. The van der Waals surface area contributed by atoms with Crippen LogP contribution in [0.15, 0.2) is 77.4 Å². The normalized spacial score (nSPS) is 14.1. The van der Waals surface area contributed by atoms with Gasteiger partial charge in [0.1, 0.15) is 10.8 Å². The first-order chi connectivity index (χ1) is 15.8. The molecule has 1 aliphatic heterocycles. The van der Waals surface area contributed by atoms with Crippen LogP contribution in [0.1, 0.15) is 27.0 Å². The fourth-order valence-corrected chi connectivity index (χ4v) is 3.26. The third-order valence-corrected chi connectivity index (χ3v) is 5.09. The Morgan fingerprint density at radius 3 is 2.55 bits per heavy atom. The number of hydrogen-bond acceptors (Lipinski definition) is 7. The minimum atomic E-state index is -0.697. The van der Waals surface area contributed by atoms with Crippen molar-refractivity contribution in [1.29, 1.82) is 0 Å². The van der Waals surface area contributed by atoms with Crippen LogP contribution in [0.25, 0.3) is 6.08 Å². The highest BCUT2D eigenvalue weighted by molar-refractivity contribution is 6.32. The van der Waals surface area contributed by atoms with Gasteiger partial charge in [-0.25, -0.2) is 14.6 Å². The summed E-state index contributed by atoms with van der Waals surface area (Å²) < 4.78 is 10.5. The molecule has 33 heavy (non-hydrogen) atoms. The van der Waals surface area contributed by atoms with Crippen LogP contribution >= 0.6 is 11.6 Å². The molecule has 0 aliphatic carbocycles. The summed E-state index contributed by atoms with van der Waals surface area (Å²) in [7, 11) is 0. The molecule has 0 atom stereocenters. The van der Waals surface area contributed by atoms with Crippen molar-refractivity contribution in [2.75, 3.05) is 0 Å². The maximum Gasteiger partial charge on any atom is 0.363 e. The van der Waals surface area contributed by atoms with Gasteiger partial charge < -0.3 is 9.47 Å². The molecule has 0 fully saturated rings. The molecule has 4 rings (SSSR count). The Labute approximate surface area is 192 Å². The van der Waals surface area contributed by atoms with Crippen molar-refractivity contribution < 1.29 is 24.0 Å². The summed E-state index contributed by atoms with van der Waals surface area (Å²) in [5, 5.41) is 11.0. The highest BCUT2D eigenvalue weighted by Crippen LogP contribution is 2.28. The number of carbonyl (C=O) groups is 2. The standard InChI is InChI=1S/C24H15ClN2O6/c1-14-4-2-3-5-18(14)23(28)32-17-9-6-15(7-10-17)12-20-24(29)33-22(26-20)16-8-11-19(25)21(13-16)27(30)31/h2-13H,1H3/b20-12-. The van der Waals surface area contributed by atoms with E-state index in [1.165, 1.54) is 24.3 Å². The van der Waals surface area contributed by atoms with E-state index < -0.39 is 16.9 Å². The van der Waals surface area contributed by atoms with Crippen LogP contribution in [0.3, 0.4) is 0 Å². The Balaban J connectivity index is 1.52. The Bertz CT molecular complexity index is 1350. The van der Waals surface area contributed by atoms with Crippen molar-refractivity contribution >= 4 is 41.2 Å². The average molecular weight is 463 g/mol. The van der Waals surface area contributed by atoms with Crippen LogP contribution in [0, 0.1) is 17.0 Å². The smallest absolute Gasteiger partial charge is 0.363 e. The summed E-state index contributed by atoms with van der Waals surface area (Å²) in [6.45, 7) is 1.82. The van der Waals surface area contributed by atoms with Gasteiger partial charge in [-0.1, -0.05) is 41.9 Å². The number of carbonyl (C=O) groups excluding carboxylic acids is 2. The molecule has 0 saturated heterocycles. The molecule has 3 aromatic carbocycles. The Hall–Kier alpha value is -4.30. The Morgan fingerprint density at radius 1 is 1.12 bits per heavy atom. The van der Waals surface area contributed by atoms with Gasteiger partial charge in [-0.15, -0.1) is 0 Å². The zero-order valence-electron chi connectivity index (χ0n) is 17.2. The maximum atomic E-state index is 12.3. The quantitative estimate of drug-likeness (QED) is 0.171. The molecule has 0 unspecified atom stereocenters. The highest BCUT2D eigenvalue weighted by Gasteiger charge is 2.26. The number of cyclic esters (lactones) is 1. The van der Waals surface area contributed by atoms with E-state index in [2.05, 4.69) is 4.99 Å². The van der Waals surface area contributed by atoms with Crippen LogP contribution in [0.2, 0.25) is 5.02 Å². The predicted octanol–water partition coefficient (Wildman–Crippen LogP) is 5.12. The van der Waals surface area contributed by atoms with Crippen molar-refractivity contribution in [3.63, 3.8) is 0 Å². The van der Waals surface area contributed by atoms with Crippen LogP contribution in [0.4, 0.5) is 5.69 Å². The molecule has 0 amide bonds. The van der Waals surface area contributed by atoms with E-state index in [0.29, 0.717) is 16.9 Å². The van der Waals surface area contributed by atoms with E-state index in [1.807, 2.05) is 19.1 Å². The average Bonchev–Trinajstić information content (AvgIpc) is 3.15. The second-order valence-electron chi connectivity index (χ2n) is 7.03. The molecule has 8 nitrogen and oxygen atoms in total. The van der Waals surface area contributed by atoms with Crippen molar-refractivity contribution in [2.24, 2.45) is 4.99 Å². The van der Waals surface area contributed by atoms with E-state index in [9.17, 15) is 19.7 Å². The van der Waals surface area contributed by atoms with Gasteiger partial charge in [-0.05, 0) is 54.5 Å². The summed E-state index contributed by atoms with van der Waals surface area (Å²) in [6, 6.07) is 17.6. The summed E-state index contributed by atoms with van der Waals surface area (Å²) in [5.74, 6) is -0.880. The number of rotatable bonds is 5. The van der Waals surface area contributed by atoms with Crippen LogP contribution in [0.5, 0.6) is 5.75 Å². The molecule has 1 aliphatic rings. The number of esters is 2. The monoisotopic (exact) mass is 462 g/mol. The first-order valence-electron chi connectivity index (χ1n) is 9.66. The second kappa shape index (κ2) is 9.05. The molecular formula is C24H15ClN2O6. The predicted molar refractivity (Wildman–Crippen MR) is 121 cm³/mol. The van der Waals surface area contributed by atoms with E-state index in [0.717, 1.165) is 5.56 Å². The SMILES string of the molecule is Cc1ccccc1C(=O)Oc1ccc(/C=C2\N=C(c3ccc(Cl)c([N+](=O)[O-])c3)OC2=O)cc1. The number of ether oxygens (including phenoxy) is 2. The minimum absolute atomic E-state index is 0.0206.